The Bertz CT molecular complexity index is 1580. The number of carbonyl (C=O) groups is 1. The Labute approximate surface area is 228 Å². The second-order valence-electron chi connectivity index (χ2n) is 8.78. The number of rotatable bonds is 7. The predicted octanol–water partition coefficient (Wildman–Crippen LogP) is 6.17. The number of terminal acetylenes is 1. The van der Waals surface area contributed by atoms with Crippen LogP contribution in [0.4, 0.5) is 0 Å². The maximum absolute atomic E-state index is 13.2. The molecular formula is C34H28O5. The van der Waals surface area contributed by atoms with Crippen LogP contribution in [0.25, 0.3) is 10.8 Å². The molecule has 5 heteroatoms. The van der Waals surface area contributed by atoms with E-state index in [1.54, 1.807) is 26.4 Å². The normalized spacial score (nSPS) is 11.3. The molecule has 0 fully saturated rings. The highest BCUT2D eigenvalue weighted by molar-refractivity contribution is 6.08. The van der Waals surface area contributed by atoms with E-state index in [0.29, 0.717) is 16.7 Å². The molecule has 0 aliphatic heterocycles. The number of methoxy groups -OCH3 is 2. The lowest BCUT2D eigenvalue weighted by molar-refractivity contribution is 0.0542. The number of aromatic hydroxyl groups is 1. The summed E-state index contributed by atoms with van der Waals surface area (Å²) in [6, 6.07) is 26.1. The fourth-order valence-electron chi connectivity index (χ4n) is 4.45. The van der Waals surface area contributed by atoms with Gasteiger partial charge in [-0.1, -0.05) is 84.5 Å². The van der Waals surface area contributed by atoms with Gasteiger partial charge in [-0.3, -0.25) is 0 Å². The van der Waals surface area contributed by atoms with E-state index in [-0.39, 0.29) is 17.9 Å². The molecule has 5 nitrogen and oxygen atoms in total. The van der Waals surface area contributed by atoms with Gasteiger partial charge >= 0.3 is 5.97 Å². The Morgan fingerprint density at radius 1 is 0.949 bits per heavy atom. The van der Waals surface area contributed by atoms with Crippen LogP contribution in [-0.2, 0) is 15.1 Å². The Hall–Kier alpha value is -4.97. The van der Waals surface area contributed by atoms with Crippen LogP contribution in [-0.4, -0.2) is 31.9 Å². The van der Waals surface area contributed by atoms with E-state index in [2.05, 4.69) is 17.8 Å². The molecule has 4 aromatic carbocycles. The number of fused-ring (bicyclic) bond motifs is 1. The van der Waals surface area contributed by atoms with E-state index >= 15 is 0 Å². The second kappa shape index (κ2) is 12.0. The standard InChI is InChI=1S/C34H28O5/c1-5-12-25(19-20-34(38-4,26-13-8-6-9-14-26)27-15-10-7-11-16-27)23-39-33(36)32-30-22-28(37-3)21-24(2)29(30)17-18-31(32)35/h1,6-18,21-22,35H,23H2,2-4H3/b25-12+. The van der Waals surface area contributed by atoms with Crippen molar-refractivity contribution in [2.75, 3.05) is 20.8 Å². The highest BCUT2D eigenvalue weighted by Crippen LogP contribution is 2.34. The van der Waals surface area contributed by atoms with Crippen LogP contribution in [0, 0.1) is 31.1 Å². The first kappa shape index (κ1) is 27.1. The van der Waals surface area contributed by atoms with E-state index < -0.39 is 11.6 Å². The molecule has 0 saturated carbocycles. The van der Waals surface area contributed by atoms with Crippen molar-refractivity contribution in [2.45, 2.75) is 12.5 Å². The number of hydrogen-bond acceptors (Lipinski definition) is 5. The first-order chi connectivity index (χ1) is 18.9. The van der Waals surface area contributed by atoms with Crippen molar-refractivity contribution in [1.82, 2.24) is 0 Å². The van der Waals surface area contributed by atoms with Gasteiger partial charge in [0.1, 0.15) is 23.7 Å². The molecule has 0 heterocycles. The minimum atomic E-state index is -1.08. The molecule has 0 radical (unpaired) electrons. The summed E-state index contributed by atoms with van der Waals surface area (Å²) in [6.07, 6.45) is 7.02. The summed E-state index contributed by atoms with van der Waals surface area (Å²) in [7, 11) is 3.14. The topological polar surface area (TPSA) is 65.0 Å². The number of benzene rings is 4. The van der Waals surface area contributed by atoms with Gasteiger partial charge < -0.3 is 19.3 Å². The average molecular weight is 517 g/mol. The second-order valence-corrected chi connectivity index (χ2v) is 8.78. The highest BCUT2D eigenvalue weighted by Gasteiger charge is 2.32. The van der Waals surface area contributed by atoms with Crippen LogP contribution >= 0.6 is 0 Å². The largest absolute Gasteiger partial charge is 0.507 e. The number of aryl methyl sites for hydroxylation is 1. The van der Waals surface area contributed by atoms with Gasteiger partial charge in [0, 0.05) is 35.3 Å². The molecule has 0 aliphatic rings. The Morgan fingerprint density at radius 3 is 2.15 bits per heavy atom. The fraction of sp³-hybridized carbons (Fsp3) is 0.147. The minimum Gasteiger partial charge on any atom is -0.507 e. The average Bonchev–Trinajstić information content (AvgIpc) is 2.97. The summed E-state index contributed by atoms with van der Waals surface area (Å²) in [5.41, 5.74) is 1.94. The summed E-state index contributed by atoms with van der Waals surface area (Å²) in [4.78, 5) is 13.2. The molecule has 4 aromatic rings. The SMILES string of the molecule is C#C/C=C(\C#CC(OC)(c1ccccc1)c1ccccc1)COC(=O)c1c(O)ccc2c(C)cc(OC)cc12. The van der Waals surface area contributed by atoms with Gasteiger partial charge in [-0.2, -0.15) is 0 Å². The third-order valence-corrected chi connectivity index (χ3v) is 6.42. The Morgan fingerprint density at radius 2 is 1.59 bits per heavy atom. The first-order valence-electron chi connectivity index (χ1n) is 12.3. The maximum atomic E-state index is 13.2. The highest BCUT2D eigenvalue weighted by atomic mass is 16.5. The van der Waals surface area contributed by atoms with Gasteiger partial charge in [-0.05, 0) is 36.1 Å². The number of phenolic OH excluding ortho intramolecular Hbond substituents is 1. The zero-order valence-corrected chi connectivity index (χ0v) is 22.0. The molecule has 0 saturated heterocycles. The van der Waals surface area contributed by atoms with Crippen LogP contribution in [0.5, 0.6) is 11.5 Å². The van der Waals surface area contributed by atoms with Crippen LogP contribution in [0.15, 0.2) is 96.6 Å². The van der Waals surface area contributed by atoms with E-state index in [9.17, 15) is 9.90 Å². The number of carbonyl (C=O) groups excluding carboxylic acids is 1. The lowest BCUT2D eigenvalue weighted by atomic mass is 9.86. The van der Waals surface area contributed by atoms with Crippen molar-refractivity contribution >= 4 is 16.7 Å². The van der Waals surface area contributed by atoms with E-state index in [0.717, 1.165) is 22.1 Å². The van der Waals surface area contributed by atoms with Crippen molar-refractivity contribution in [1.29, 1.82) is 0 Å². The van der Waals surface area contributed by atoms with Gasteiger partial charge in [-0.15, -0.1) is 6.42 Å². The quantitative estimate of drug-likeness (QED) is 0.235. The van der Waals surface area contributed by atoms with Crippen LogP contribution in [0.2, 0.25) is 0 Å². The number of phenols is 1. The summed E-state index contributed by atoms with van der Waals surface area (Å²) >= 11 is 0. The molecule has 0 aliphatic carbocycles. The summed E-state index contributed by atoms with van der Waals surface area (Å²) in [6.45, 7) is 1.71. The predicted molar refractivity (Wildman–Crippen MR) is 153 cm³/mol. The van der Waals surface area contributed by atoms with Gasteiger partial charge in [0.05, 0.1) is 7.11 Å². The van der Waals surface area contributed by atoms with Crippen molar-refractivity contribution in [3.8, 4) is 35.7 Å². The minimum absolute atomic E-state index is 0.0438. The fourth-order valence-corrected chi connectivity index (χ4v) is 4.45. The number of ether oxygens (including phenoxy) is 3. The molecule has 0 unspecified atom stereocenters. The van der Waals surface area contributed by atoms with Gasteiger partial charge in [0.2, 0.25) is 0 Å². The lowest BCUT2D eigenvalue weighted by Gasteiger charge is -2.28. The number of hydrogen-bond donors (Lipinski definition) is 1. The number of allylic oxidation sites excluding steroid dienone is 1. The third-order valence-electron chi connectivity index (χ3n) is 6.42. The summed E-state index contributed by atoms with van der Waals surface area (Å²) < 4.78 is 17.0. The molecular weight excluding hydrogens is 488 g/mol. The summed E-state index contributed by atoms with van der Waals surface area (Å²) in [5.74, 6) is 8.44. The zero-order valence-electron chi connectivity index (χ0n) is 22.0. The van der Waals surface area contributed by atoms with Crippen molar-refractivity contribution < 1.29 is 24.1 Å². The molecule has 0 spiro atoms. The van der Waals surface area contributed by atoms with Gasteiger partial charge in [-0.25, -0.2) is 4.79 Å². The van der Waals surface area contributed by atoms with E-state index in [1.807, 2.05) is 73.7 Å². The van der Waals surface area contributed by atoms with Gasteiger partial charge in [0.25, 0.3) is 0 Å². The van der Waals surface area contributed by atoms with E-state index in [1.165, 1.54) is 12.1 Å². The molecule has 0 amide bonds. The third kappa shape index (κ3) is 5.65. The maximum Gasteiger partial charge on any atom is 0.342 e. The first-order valence-corrected chi connectivity index (χ1v) is 12.3. The Kier molecular flexibility index (Phi) is 8.37. The molecule has 0 atom stereocenters. The monoisotopic (exact) mass is 516 g/mol. The van der Waals surface area contributed by atoms with Crippen molar-refractivity contribution in [3.63, 3.8) is 0 Å². The van der Waals surface area contributed by atoms with E-state index in [4.69, 9.17) is 20.6 Å². The van der Waals surface area contributed by atoms with Crippen molar-refractivity contribution in [3.05, 3.63) is 119 Å². The molecule has 4 rings (SSSR count). The lowest BCUT2D eigenvalue weighted by Crippen LogP contribution is -2.28. The number of esters is 1. The van der Waals surface area contributed by atoms with Crippen LogP contribution in [0.1, 0.15) is 27.0 Å². The van der Waals surface area contributed by atoms with Crippen molar-refractivity contribution in [2.24, 2.45) is 0 Å². The van der Waals surface area contributed by atoms with Crippen LogP contribution in [0.3, 0.4) is 0 Å². The molecule has 0 bridgehead atoms. The molecule has 1 N–H and O–H groups in total. The molecule has 39 heavy (non-hydrogen) atoms. The molecule has 0 aromatic heterocycles. The van der Waals surface area contributed by atoms with Crippen LogP contribution < -0.4 is 4.74 Å². The Balaban J connectivity index is 1.69. The summed E-state index contributed by atoms with van der Waals surface area (Å²) in [5, 5.41) is 11.9. The zero-order chi connectivity index (χ0) is 27.8. The van der Waals surface area contributed by atoms with Gasteiger partial charge in [0.15, 0.2) is 5.60 Å². The molecule has 194 valence electrons. The smallest absolute Gasteiger partial charge is 0.342 e.